The third-order valence-electron chi connectivity index (χ3n) is 6.02. The van der Waals surface area contributed by atoms with Gasteiger partial charge in [0.25, 0.3) is 11.5 Å². The normalized spacial score (nSPS) is 10.7. The third kappa shape index (κ3) is 5.97. The third-order valence-corrected chi connectivity index (χ3v) is 7.02. The Bertz CT molecular complexity index is 1690. The first-order chi connectivity index (χ1) is 19.1. The van der Waals surface area contributed by atoms with Gasteiger partial charge < -0.3 is 20.8 Å². The van der Waals surface area contributed by atoms with Gasteiger partial charge >= 0.3 is 11.9 Å². The number of carboxylic acids is 2. The molecule has 1 heterocycles. The van der Waals surface area contributed by atoms with Gasteiger partial charge in [-0.3, -0.25) is 19.1 Å². The Hall–Kier alpha value is -5.10. The fourth-order valence-corrected chi connectivity index (χ4v) is 4.71. The summed E-state index contributed by atoms with van der Waals surface area (Å²) in [5.74, 6) is -3.89. The van der Waals surface area contributed by atoms with E-state index in [1.807, 2.05) is 18.2 Å². The number of hydrogen-bond donors (Lipinski definition) is 4. The number of nitrogens with zero attached hydrogens (tertiary/aromatic N) is 2. The Morgan fingerprint density at radius 3 is 2.25 bits per heavy atom. The van der Waals surface area contributed by atoms with Crippen molar-refractivity contribution < 1.29 is 29.4 Å². The monoisotopic (exact) mass is 560 g/mol. The molecule has 0 aliphatic rings. The summed E-state index contributed by atoms with van der Waals surface area (Å²) < 4.78 is 3.13. The molecule has 4 rings (SSSR count). The van der Waals surface area contributed by atoms with Gasteiger partial charge in [0.05, 0.1) is 33.8 Å². The molecule has 1 aromatic heterocycles. The number of carboxylic acid groups (broad SMARTS) is 2. The van der Waals surface area contributed by atoms with Crippen LogP contribution in [0.15, 0.2) is 82.5 Å². The van der Waals surface area contributed by atoms with Crippen molar-refractivity contribution in [2.45, 2.75) is 11.8 Å². The Labute approximate surface area is 232 Å². The molecule has 0 aliphatic heterocycles. The number of rotatable bonds is 9. The van der Waals surface area contributed by atoms with E-state index in [0.717, 1.165) is 18.2 Å². The van der Waals surface area contributed by atoms with Crippen LogP contribution in [0.5, 0.6) is 0 Å². The van der Waals surface area contributed by atoms with Crippen molar-refractivity contribution in [2.75, 3.05) is 16.4 Å². The van der Waals surface area contributed by atoms with E-state index in [9.17, 15) is 29.1 Å². The van der Waals surface area contributed by atoms with E-state index in [1.54, 1.807) is 55.1 Å². The number of amides is 2. The topological polar surface area (TPSA) is 160 Å². The minimum absolute atomic E-state index is 0.0175. The fourth-order valence-electron chi connectivity index (χ4n) is 3.95. The number of nitrogens with one attached hydrogen (secondary N) is 2. The smallest absolute Gasteiger partial charge is 0.336 e. The van der Waals surface area contributed by atoms with Crippen LogP contribution in [0.4, 0.5) is 11.4 Å². The number of para-hydroxylation sites is 1. The number of anilines is 2. The van der Waals surface area contributed by atoms with Crippen LogP contribution >= 0.6 is 11.8 Å². The quantitative estimate of drug-likeness (QED) is 0.225. The van der Waals surface area contributed by atoms with Crippen molar-refractivity contribution in [3.8, 4) is 5.69 Å². The molecule has 4 N–H and O–H groups in total. The molecule has 0 atom stereocenters. The Balaban J connectivity index is 1.44. The number of aromatic nitrogens is 2. The molecule has 40 heavy (non-hydrogen) atoms. The first-order valence-electron chi connectivity index (χ1n) is 11.9. The molecule has 0 unspecified atom stereocenters. The summed E-state index contributed by atoms with van der Waals surface area (Å²) in [6.07, 6.45) is 0. The predicted molar refractivity (Wildman–Crippen MR) is 150 cm³/mol. The highest BCUT2D eigenvalue weighted by Gasteiger charge is 2.20. The summed E-state index contributed by atoms with van der Waals surface area (Å²) in [7, 11) is 1.73. The predicted octanol–water partition coefficient (Wildman–Crippen LogP) is 3.86. The average Bonchev–Trinajstić information content (AvgIpc) is 3.14. The standard InChI is InChI=1S/C28H24N4O7S/c1-16-24(26(35)32(31(16)2)19-8-4-3-5-9-19)30-23(33)15-40-20-10-6-7-18(14-20)29-25(34)21-12-11-17(27(36)37)13-22(21)28(38)39/h3-14H,15H2,1-2H3,(H,29,34)(H,30,33)(H,36,37)(H,38,39). The molecule has 12 heteroatoms. The number of benzene rings is 3. The molecule has 0 aliphatic carbocycles. The summed E-state index contributed by atoms with van der Waals surface area (Å²) in [5.41, 5.74) is 0.534. The SMILES string of the molecule is Cc1c(NC(=O)CSc2cccc(NC(=O)c3ccc(C(=O)O)cc3C(=O)O)c2)c(=O)n(-c2ccccc2)n1C. The van der Waals surface area contributed by atoms with E-state index in [4.69, 9.17) is 5.11 Å². The van der Waals surface area contributed by atoms with Crippen molar-refractivity contribution >= 4 is 46.9 Å². The van der Waals surface area contributed by atoms with E-state index < -0.39 is 29.3 Å². The lowest BCUT2D eigenvalue weighted by Crippen LogP contribution is -2.23. The summed E-state index contributed by atoms with van der Waals surface area (Å²) in [6.45, 7) is 1.74. The summed E-state index contributed by atoms with van der Waals surface area (Å²) in [4.78, 5) is 61.9. The molecule has 2 amide bonds. The van der Waals surface area contributed by atoms with Crippen LogP contribution in [0.25, 0.3) is 5.69 Å². The van der Waals surface area contributed by atoms with Crippen LogP contribution in [-0.2, 0) is 11.8 Å². The lowest BCUT2D eigenvalue weighted by molar-refractivity contribution is -0.113. The van der Waals surface area contributed by atoms with Gasteiger partial charge in [-0.25, -0.2) is 14.3 Å². The number of carbonyl (C=O) groups is 4. The summed E-state index contributed by atoms with van der Waals surface area (Å²) in [6, 6.07) is 18.9. The molecule has 0 radical (unpaired) electrons. The van der Waals surface area contributed by atoms with Crippen molar-refractivity contribution in [3.63, 3.8) is 0 Å². The molecule has 0 saturated carbocycles. The zero-order valence-electron chi connectivity index (χ0n) is 21.4. The van der Waals surface area contributed by atoms with Gasteiger partial charge in [0.2, 0.25) is 5.91 Å². The second-order valence-electron chi connectivity index (χ2n) is 8.63. The van der Waals surface area contributed by atoms with E-state index in [-0.39, 0.29) is 28.1 Å². The molecule has 3 aromatic carbocycles. The van der Waals surface area contributed by atoms with Gasteiger partial charge in [-0.05, 0) is 55.5 Å². The minimum atomic E-state index is -1.44. The maximum absolute atomic E-state index is 13.0. The molecule has 0 fully saturated rings. The van der Waals surface area contributed by atoms with Crippen LogP contribution in [0.2, 0.25) is 0 Å². The number of aromatic carboxylic acids is 2. The summed E-state index contributed by atoms with van der Waals surface area (Å²) >= 11 is 1.18. The first kappa shape index (κ1) is 27.9. The molecule has 0 saturated heterocycles. The molecular formula is C28H24N4O7S. The molecule has 4 aromatic rings. The Morgan fingerprint density at radius 2 is 1.57 bits per heavy atom. The molecule has 0 bridgehead atoms. The van der Waals surface area contributed by atoms with E-state index in [2.05, 4.69) is 10.6 Å². The van der Waals surface area contributed by atoms with Crippen molar-refractivity contribution in [1.82, 2.24) is 9.36 Å². The zero-order chi connectivity index (χ0) is 29.0. The minimum Gasteiger partial charge on any atom is -0.478 e. The highest BCUT2D eigenvalue weighted by atomic mass is 32.2. The fraction of sp³-hybridized carbons (Fsp3) is 0.107. The second kappa shape index (κ2) is 11.7. The van der Waals surface area contributed by atoms with Crippen molar-refractivity contribution in [1.29, 1.82) is 0 Å². The van der Waals surface area contributed by atoms with Crippen LogP contribution in [0.1, 0.15) is 36.8 Å². The highest BCUT2D eigenvalue weighted by Crippen LogP contribution is 2.23. The molecule has 0 spiro atoms. The number of carbonyl (C=O) groups excluding carboxylic acids is 2. The molecule has 11 nitrogen and oxygen atoms in total. The maximum Gasteiger partial charge on any atom is 0.336 e. The average molecular weight is 561 g/mol. The molecule has 204 valence electrons. The van der Waals surface area contributed by atoms with Gasteiger partial charge in [-0.15, -0.1) is 11.8 Å². The lowest BCUT2D eigenvalue weighted by Gasteiger charge is -2.10. The van der Waals surface area contributed by atoms with Crippen molar-refractivity contribution in [2.24, 2.45) is 7.05 Å². The first-order valence-corrected chi connectivity index (χ1v) is 12.8. The Kier molecular flexibility index (Phi) is 8.20. The Morgan fingerprint density at radius 1 is 0.850 bits per heavy atom. The van der Waals surface area contributed by atoms with Gasteiger partial charge in [0, 0.05) is 17.6 Å². The van der Waals surface area contributed by atoms with E-state index >= 15 is 0 Å². The molecular weight excluding hydrogens is 536 g/mol. The van der Waals surface area contributed by atoms with Crippen LogP contribution in [0.3, 0.4) is 0 Å². The highest BCUT2D eigenvalue weighted by molar-refractivity contribution is 8.00. The van der Waals surface area contributed by atoms with Crippen LogP contribution < -0.4 is 16.2 Å². The summed E-state index contributed by atoms with van der Waals surface area (Å²) in [5, 5.41) is 23.8. The van der Waals surface area contributed by atoms with E-state index in [0.29, 0.717) is 22.0 Å². The van der Waals surface area contributed by atoms with E-state index in [1.165, 1.54) is 16.4 Å². The second-order valence-corrected chi connectivity index (χ2v) is 9.67. The number of thioether (sulfide) groups is 1. The van der Waals surface area contributed by atoms with Gasteiger partial charge in [0.15, 0.2) is 0 Å². The van der Waals surface area contributed by atoms with Gasteiger partial charge in [-0.2, -0.15) is 0 Å². The van der Waals surface area contributed by atoms with Crippen LogP contribution in [-0.4, -0.2) is 49.1 Å². The zero-order valence-corrected chi connectivity index (χ0v) is 22.2. The lowest BCUT2D eigenvalue weighted by atomic mass is 10.0. The van der Waals surface area contributed by atoms with Crippen LogP contribution in [0, 0.1) is 6.92 Å². The van der Waals surface area contributed by atoms with Crippen molar-refractivity contribution in [3.05, 3.63) is 106 Å². The van der Waals surface area contributed by atoms with Gasteiger partial charge in [-0.1, -0.05) is 24.3 Å². The number of hydrogen-bond acceptors (Lipinski definition) is 6. The van der Waals surface area contributed by atoms with Gasteiger partial charge in [0.1, 0.15) is 5.69 Å². The maximum atomic E-state index is 13.0. The largest absolute Gasteiger partial charge is 0.478 e.